The van der Waals surface area contributed by atoms with Crippen molar-refractivity contribution in [2.75, 3.05) is 26.2 Å². The lowest BCUT2D eigenvalue weighted by atomic mass is 10.1. The number of sulfonamides is 1. The number of piperidine rings is 1. The van der Waals surface area contributed by atoms with Gasteiger partial charge in [-0.25, -0.2) is 8.42 Å². The van der Waals surface area contributed by atoms with Crippen LogP contribution in [-0.4, -0.2) is 50.7 Å². The van der Waals surface area contributed by atoms with Crippen molar-refractivity contribution in [1.82, 2.24) is 20.3 Å². The number of alkyl halides is 3. The maximum atomic E-state index is 13.5. The highest BCUT2D eigenvalue weighted by Crippen LogP contribution is 2.29. The molecule has 2 amide bonds. The summed E-state index contributed by atoms with van der Waals surface area (Å²) in [6, 6.07) is 18.0. The number of carbonyl (C=O) groups excluding carboxylic acids is 2. The Balaban J connectivity index is 1.42. The first-order valence-corrected chi connectivity index (χ1v) is 16.1. The van der Waals surface area contributed by atoms with Crippen LogP contribution >= 0.6 is 0 Å². The molecule has 1 fully saturated rings. The summed E-state index contributed by atoms with van der Waals surface area (Å²) in [5.74, 6) is -1.05. The largest absolute Gasteiger partial charge is 0.416 e. The fourth-order valence-corrected chi connectivity index (χ4v) is 6.57. The zero-order valence-electron chi connectivity index (χ0n) is 24.5. The van der Waals surface area contributed by atoms with Gasteiger partial charge in [-0.1, -0.05) is 55.0 Å². The van der Waals surface area contributed by atoms with Crippen molar-refractivity contribution >= 4 is 21.8 Å². The van der Waals surface area contributed by atoms with Crippen LogP contribution in [-0.2, 0) is 22.7 Å². The molecule has 0 saturated carbocycles. The number of halogens is 3. The molecule has 12 heteroatoms. The van der Waals surface area contributed by atoms with Crippen molar-refractivity contribution in [1.29, 1.82) is 0 Å². The van der Waals surface area contributed by atoms with E-state index in [4.69, 9.17) is 0 Å². The van der Waals surface area contributed by atoms with E-state index in [-0.39, 0.29) is 35.2 Å². The summed E-state index contributed by atoms with van der Waals surface area (Å²) in [7, 11) is -3.93. The van der Waals surface area contributed by atoms with Crippen molar-refractivity contribution in [3.63, 3.8) is 0 Å². The molecule has 0 radical (unpaired) electrons. The van der Waals surface area contributed by atoms with Gasteiger partial charge in [0.15, 0.2) is 0 Å². The SMILES string of the molecule is C[C@@H](NC(=O)c1cc(C(=O)NCCCNCc2cccc(C(F)(F)F)c2)cc(S(=O)(=O)N2CCCCC2)c1)c1ccccc1. The van der Waals surface area contributed by atoms with Crippen molar-refractivity contribution in [3.05, 3.63) is 101 Å². The molecule has 1 aliphatic heterocycles. The zero-order chi connectivity index (χ0) is 31.7. The Kier molecular flexibility index (Phi) is 11.2. The molecule has 236 valence electrons. The van der Waals surface area contributed by atoms with E-state index in [0.29, 0.717) is 31.6 Å². The normalized spacial score (nSPS) is 15.0. The highest BCUT2D eigenvalue weighted by Gasteiger charge is 2.30. The van der Waals surface area contributed by atoms with Gasteiger partial charge in [-0.2, -0.15) is 17.5 Å². The maximum absolute atomic E-state index is 13.5. The maximum Gasteiger partial charge on any atom is 0.416 e. The van der Waals surface area contributed by atoms with Crippen LogP contribution in [0.15, 0.2) is 77.7 Å². The molecule has 0 aliphatic carbocycles. The second-order valence-corrected chi connectivity index (χ2v) is 12.7. The predicted molar refractivity (Wildman–Crippen MR) is 161 cm³/mol. The smallest absolute Gasteiger partial charge is 0.352 e. The van der Waals surface area contributed by atoms with E-state index in [9.17, 15) is 31.2 Å². The van der Waals surface area contributed by atoms with E-state index in [0.717, 1.165) is 37.0 Å². The molecule has 3 aromatic rings. The number of rotatable bonds is 12. The minimum Gasteiger partial charge on any atom is -0.352 e. The first-order chi connectivity index (χ1) is 20.9. The van der Waals surface area contributed by atoms with Gasteiger partial charge in [-0.15, -0.1) is 0 Å². The van der Waals surface area contributed by atoms with Crippen LogP contribution < -0.4 is 16.0 Å². The van der Waals surface area contributed by atoms with E-state index < -0.39 is 33.6 Å². The Morgan fingerprint density at radius 2 is 1.55 bits per heavy atom. The fraction of sp³-hybridized carbons (Fsp3) is 0.375. The van der Waals surface area contributed by atoms with Crippen LogP contribution in [0.25, 0.3) is 0 Å². The summed E-state index contributed by atoms with van der Waals surface area (Å²) < 4.78 is 67.2. The van der Waals surface area contributed by atoms with Crippen LogP contribution in [0.3, 0.4) is 0 Å². The number of nitrogens with zero attached hydrogens (tertiary/aromatic N) is 1. The van der Waals surface area contributed by atoms with Crippen molar-refractivity contribution in [2.45, 2.75) is 56.3 Å². The summed E-state index contributed by atoms with van der Waals surface area (Å²) in [4.78, 5) is 26.3. The van der Waals surface area contributed by atoms with E-state index in [1.165, 1.54) is 28.6 Å². The lowest BCUT2D eigenvalue weighted by molar-refractivity contribution is -0.137. The highest BCUT2D eigenvalue weighted by atomic mass is 32.2. The number of amides is 2. The summed E-state index contributed by atoms with van der Waals surface area (Å²) in [6.07, 6.45) is -1.52. The molecule has 0 spiro atoms. The zero-order valence-corrected chi connectivity index (χ0v) is 25.3. The van der Waals surface area contributed by atoms with Gasteiger partial charge in [0, 0.05) is 37.3 Å². The molecule has 0 bridgehead atoms. The molecular weight excluding hydrogens is 593 g/mol. The van der Waals surface area contributed by atoms with Gasteiger partial charge in [0.2, 0.25) is 10.0 Å². The number of hydrogen-bond donors (Lipinski definition) is 3. The van der Waals surface area contributed by atoms with Gasteiger partial charge in [0.25, 0.3) is 11.8 Å². The number of benzene rings is 3. The standard InChI is InChI=1S/C32H37F3N4O4S/c1-23(25-11-4-2-5-12-25)38-31(41)27-19-26(20-29(21-27)44(42,43)39-16-6-3-7-17-39)30(40)37-15-9-14-36-22-24-10-8-13-28(18-24)32(33,34)35/h2,4-5,8,10-13,18-21,23,36H,3,6-7,9,14-17,22H2,1H3,(H,37,40)(H,38,41)/t23-/m1/s1. The second-order valence-electron chi connectivity index (χ2n) is 10.8. The molecule has 1 heterocycles. The number of carbonyl (C=O) groups is 2. The Hall–Kier alpha value is -3.74. The van der Waals surface area contributed by atoms with E-state index in [1.807, 2.05) is 37.3 Å². The Bertz CT molecular complexity index is 1540. The summed E-state index contributed by atoms with van der Waals surface area (Å²) in [5.41, 5.74) is 0.744. The molecule has 3 N–H and O–H groups in total. The van der Waals surface area contributed by atoms with Crippen molar-refractivity contribution in [3.8, 4) is 0 Å². The molecular formula is C32H37F3N4O4S. The molecule has 4 rings (SSSR count). The summed E-state index contributed by atoms with van der Waals surface area (Å²) >= 11 is 0. The molecule has 44 heavy (non-hydrogen) atoms. The van der Waals surface area contributed by atoms with Crippen LogP contribution in [0.5, 0.6) is 0 Å². The van der Waals surface area contributed by atoms with Crippen LogP contribution in [0.4, 0.5) is 13.2 Å². The van der Waals surface area contributed by atoms with Gasteiger partial charge in [0.1, 0.15) is 0 Å². The average Bonchev–Trinajstić information content (AvgIpc) is 3.02. The van der Waals surface area contributed by atoms with E-state index in [2.05, 4.69) is 16.0 Å². The molecule has 3 aromatic carbocycles. The predicted octanol–water partition coefficient (Wildman–Crippen LogP) is 5.28. The second kappa shape index (κ2) is 14.8. The van der Waals surface area contributed by atoms with Crippen LogP contribution in [0, 0.1) is 0 Å². The molecule has 8 nitrogen and oxygen atoms in total. The number of nitrogens with one attached hydrogen (secondary N) is 3. The number of hydrogen-bond acceptors (Lipinski definition) is 5. The third-order valence-electron chi connectivity index (χ3n) is 7.43. The summed E-state index contributed by atoms with van der Waals surface area (Å²) in [6.45, 7) is 3.44. The van der Waals surface area contributed by atoms with Crippen molar-refractivity contribution in [2.24, 2.45) is 0 Å². The van der Waals surface area contributed by atoms with Crippen LogP contribution in [0.2, 0.25) is 0 Å². The van der Waals surface area contributed by atoms with Gasteiger partial charge in [-0.3, -0.25) is 9.59 Å². The highest BCUT2D eigenvalue weighted by molar-refractivity contribution is 7.89. The first kappa shape index (κ1) is 33.2. The molecule has 0 unspecified atom stereocenters. The first-order valence-electron chi connectivity index (χ1n) is 14.6. The third-order valence-corrected chi connectivity index (χ3v) is 9.31. The Morgan fingerprint density at radius 3 is 2.23 bits per heavy atom. The molecule has 1 aliphatic rings. The lowest BCUT2D eigenvalue weighted by Gasteiger charge is -2.26. The third kappa shape index (κ3) is 8.90. The fourth-order valence-electron chi connectivity index (χ4n) is 4.98. The monoisotopic (exact) mass is 630 g/mol. The van der Waals surface area contributed by atoms with Gasteiger partial charge < -0.3 is 16.0 Å². The minimum atomic E-state index is -4.41. The Morgan fingerprint density at radius 1 is 0.864 bits per heavy atom. The minimum absolute atomic E-state index is 0.0394. The Labute approximate surface area is 256 Å². The van der Waals surface area contributed by atoms with Gasteiger partial charge >= 0.3 is 6.18 Å². The van der Waals surface area contributed by atoms with E-state index in [1.54, 1.807) is 6.07 Å². The van der Waals surface area contributed by atoms with E-state index >= 15 is 0 Å². The van der Waals surface area contributed by atoms with Crippen molar-refractivity contribution < 1.29 is 31.2 Å². The van der Waals surface area contributed by atoms with Crippen LogP contribution in [0.1, 0.15) is 76.1 Å². The molecule has 1 saturated heterocycles. The summed E-state index contributed by atoms with van der Waals surface area (Å²) in [5, 5.41) is 8.69. The molecule has 1 atom stereocenters. The quantitative estimate of drug-likeness (QED) is 0.236. The topological polar surface area (TPSA) is 108 Å². The average molecular weight is 631 g/mol. The molecule has 0 aromatic heterocycles. The van der Waals surface area contributed by atoms with Gasteiger partial charge in [0.05, 0.1) is 16.5 Å². The van der Waals surface area contributed by atoms with Gasteiger partial charge in [-0.05, 0) is 68.1 Å². The lowest BCUT2D eigenvalue weighted by Crippen LogP contribution is -2.36.